The molecule has 4 aromatic carbocycles. The number of hydrogen-bond acceptors (Lipinski definition) is 3. The lowest BCUT2D eigenvalue weighted by molar-refractivity contribution is 0.413. The van der Waals surface area contributed by atoms with Crippen LogP contribution in [0.2, 0.25) is 0 Å². The number of ether oxygens (including phenoxy) is 3. The minimum atomic E-state index is 0.728. The maximum absolute atomic E-state index is 6.11. The normalized spacial score (nSPS) is 10.4. The average Bonchev–Trinajstić information content (AvgIpc) is 2.76. The molecule has 0 aromatic heterocycles. The zero-order valence-corrected chi connectivity index (χ0v) is 16.4. The predicted molar refractivity (Wildman–Crippen MR) is 115 cm³/mol. The lowest BCUT2D eigenvalue weighted by Crippen LogP contribution is -1.91. The first kappa shape index (κ1) is 18.6. The highest BCUT2D eigenvalue weighted by atomic mass is 16.5. The molecule has 3 nitrogen and oxygen atoms in total. The van der Waals surface area contributed by atoms with Gasteiger partial charge >= 0.3 is 0 Å². The van der Waals surface area contributed by atoms with E-state index in [9.17, 15) is 0 Å². The van der Waals surface area contributed by atoms with Crippen LogP contribution in [0.4, 0.5) is 0 Å². The first-order chi connectivity index (χ1) is 14.2. The molecule has 0 N–H and O–H groups in total. The van der Waals surface area contributed by atoms with E-state index in [-0.39, 0.29) is 0 Å². The van der Waals surface area contributed by atoms with Crippen LogP contribution in [0.1, 0.15) is 5.56 Å². The van der Waals surface area contributed by atoms with Gasteiger partial charge in [0.05, 0.1) is 7.11 Å². The zero-order valence-electron chi connectivity index (χ0n) is 16.4. The molecule has 0 fully saturated rings. The van der Waals surface area contributed by atoms with E-state index in [1.807, 2.05) is 97.9 Å². The second kappa shape index (κ2) is 8.53. The molecule has 3 heteroatoms. The van der Waals surface area contributed by atoms with Crippen molar-refractivity contribution >= 4 is 0 Å². The second-order valence-corrected chi connectivity index (χ2v) is 6.58. The molecule has 4 aromatic rings. The van der Waals surface area contributed by atoms with Crippen molar-refractivity contribution in [3.8, 4) is 39.9 Å². The Labute approximate surface area is 171 Å². The van der Waals surface area contributed by atoms with Gasteiger partial charge in [0.2, 0.25) is 0 Å². The van der Waals surface area contributed by atoms with Gasteiger partial charge in [-0.3, -0.25) is 0 Å². The Bertz CT molecular complexity index is 1100. The summed E-state index contributed by atoms with van der Waals surface area (Å²) in [7, 11) is 1.64. The molecule has 1 radical (unpaired) electrons. The molecule has 0 atom stereocenters. The van der Waals surface area contributed by atoms with E-state index in [0.717, 1.165) is 45.4 Å². The monoisotopic (exact) mass is 381 g/mol. The van der Waals surface area contributed by atoms with Gasteiger partial charge in [-0.25, -0.2) is 0 Å². The quantitative estimate of drug-likeness (QED) is 0.358. The Morgan fingerprint density at radius 1 is 0.655 bits per heavy atom. The molecular weight excluding hydrogens is 360 g/mol. The summed E-state index contributed by atoms with van der Waals surface area (Å²) in [6, 6.07) is 32.4. The first-order valence-corrected chi connectivity index (χ1v) is 9.39. The fourth-order valence-electron chi connectivity index (χ4n) is 3.02. The number of methoxy groups -OCH3 is 1. The van der Waals surface area contributed by atoms with E-state index in [1.165, 1.54) is 0 Å². The Morgan fingerprint density at radius 2 is 1.38 bits per heavy atom. The molecule has 0 aliphatic carbocycles. The van der Waals surface area contributed by atoms with Crippen LogP contribution in [0.25, 0.3) is 11.1 Å². The summed E-state index contributed by atoms with van der Waals surface area (Å²) in [5, 5.41) is 0. The summed E-state index contributed by atoms with van der Waals surface area (Å²) in [5.41, 5.74) is 2.94. The maximum atomic E-state index is 6.11. The van der Waals surface area contributed by atoms with Gasteiger partial charge in [0, 0.05) is 5.56 Å². The predicted octanol–water partition coefficient (Wildman–Crippen LogP) is 7.06. The number of aryl methyl sites for hydroxylation is 1. The van der Waals surface area contributed by atoms with Crippen molar-refractivity contribution in [1.29, 1.82) is 0 Å². The number of hydrogen-bond donors (Lipinski definition) is 0. The Hall–Kier alpha value is -3.72. The highest BCUT2D eigenvalue weighted by Crippen LogP contribution is 2.35. The second-order valence-electron chi connectivity index (χ2n) is 6.58. The largest absolute Gasteiger partial charge is 0.497 e. The van der Waals surface area contributed by atoms with Gasteiger partial charge in [0.1, 0.15) is 28.7 Å². The lowest BCUT2D eigenvalue weighted by Gasteiger charge is -2.13. The summed E-state index contributed by atoms with van der Waals surface area (Å²) in [5.74, 6) is 3.86. The summed E-state index contributed by atoms with van der Waals surface area (Å²) in [4.78, 5) is 0. The molecule has 0 saturated heterocycles. The Morgan fingerprint density at radius 3 is 2.17 bits per heavy atom. The molecule has 0 spiro atoms. The van der Waals surface area contributed by atoms with Gasteiger partial charge in [-0.05, 0) is 72.6 Å². The highest BCUT2D eigenvalue weighted by Gasteiger charge is 2.09. The van der Waals surface area contributed by atoms with Crippen molar-refractivity contribution in [3.63, 3.8) is 0 Å². The summed E-state index contributed by atoms with van der Waals surface area (Å²) in [6.07, 6.45) is 0. The standard InChI is InChI=1S/C26H21O3/c1-19-8-3-5-12-25(19)29-23-10-7-9-20(18-23)24-11-4-6-13-26(24)28-22-16-14-21(27-2)15-17-22/h3-10,12-18H,1-2H3. The van der Waals surface area contributed by atoms with Crippen molar-refractivity contribution in [2.75, 3.05) is 7.11 Å². The van der Waals surface area contributed by atoms with Crippen LogP contribution in [0, 0.1) is 13.0 Å². The van der Waals surface area contributed by atoms with E-state index < -0.39 is 0 Å². The fourth-order valence-corrected chi connectivity index (χ4v) is 3.02. The fraction of sp³-hybridized carbons (Fsp3) is 0.0769. The molecule has 0 unspecified atom stereocenters. The van der Waals surface area contributed by atoms with Gasteiger partial charge < -0.3 is 14.2 Å². The highest BCUT2D eigenvalue weighted by molar-refractivity contribution is 5.71. The third kappa shape index (κ3) is 4.41. The van der Waals surface area contributed by atoms with Crippen LogP contribution in [-0.4, -0.2) is 7.11 Å². The van der Waals surface area contributed by atoms with Gasteiger partial charge in [-0.2, -0.15) is 0 Å². The minimum absolute atomic E-state index is 0.728. The summed E-state index contributed by atoms with van der Waals surface area (Å²) >= 11 is 0. The molecule has 0 bridgehead atoms. The molecule has 0 saturated carbocycles. The zero-order chi connectivity index (χ0) is 20.1. The molecule has 0 aliphatic rings. The molecule has 4 rings (SSSR count). The van der Waals surface area contributed by atoms with E-state index in [2.05, 4.69) is 6.07 Å². The van der Waals surface area contributed by atoms with Crippen molar-refractivity contribution in [3.05, 3.63) is 103 Å². The van der Waals surface area contributed by atoms with Crippen LogP contribution >= 0.6 is 0 Å². The molecule has 29 heavy (non-hydrogen) atoms. The topological polar surface area (TPSA) is 27.7 Å². The molecule has 143 valence electrons. The third-order valence-corrected chi connectivity index (χ3v) is 4.55. The van der Waals surface area contributed by atoms with Crippen LogP contribution in [-0.2, 0) is 0 Å². The first-order valence-electron chi connectivity index (χ1n) is 9.39. The SMILES string of the molecule is COc1ccc(Oc2ccc[c]c2-c2cccc(Oc3ccccc3C)c2)cc1. The van der Waals surface area contributed by atoms with E-state index in [0.29, 0.717) is 0 Å². The molecule has 0 heterocycles. The van der Waals surface area contributed by atoms with Crippen molar-refractivity contribution in [2.45, 2.75) is 6.92 Å². The van der Waals surface area contributed by atoms with Gasteiger partial charge in [-0.15, -0.1) is 0 Å². The van der Waals surface area contributed by atoms with Crippen LogP contribution in [0.3, 0.4) is 0 Å². The Kier molecular flexibility index (Phi) is 5.48. The minimum Gasteiger partial charge on any atom is -0.497 e. The van der Waals surface area contributed by atoms with Gasteiger partial charge in [0.25, 0.3) is 0 Å². The van der Waals surface area contributed by atoms with E-state index in [4.69, 9.17) is 14.2 Å². The number of rotatable bonds is 6. The van der Waals surface area contributed by atoms with Crippen LogP contribution < -0.4 is 14.2 Å². The summed E-state index contributed by atoms with van der Waals surface area (Å²) in [6.45, 7) is 2.03. The van der Waals surface area contributed by atoms with Crippen LogP contribution in [0.15, 0.2) is 91.0 Å². The lowest BCUT2D eigenvalue weighted by atomic mass is 10.0. The molecule has 0 aliphatic heterocycles. The van der Waals surface area contributed by atoms with E-state index in [1.54, 1.807) is 7.11 Å². The van der Waals surface area contributed by atoms with Gasteiger partial charge in [-0.1, -0.05) is 42.5 Å². The smallest absolute Gasteiger partial charge is 0.135 e. The number of benzene rings is 4. The maximum Gasteiger partial charge on any atom is 0.135 e. The van der Waals surface area contributed by atoms with Gasteiger partial charge in [0.15, 0.2) is 0 Å². The van der Waals surface area contributed by atoms with E-state index >= 15 is 0 Å². The molecule has 0 amide bonds. The third-order valence-electron chi connectivity index (χ3n) is 4.55. The molecular formula is C26H21O3. The number of para-hydroxylation sites is 1. The Balaban J connectivity index is 1.62. The average molecular weight is 381 g/mol. The van der Waals surface area contributed by atoms with Crippen LogP contribution in [0.5, 0.6) is 28.7 Å². The van der Waals surface area contributed by atoms with Crippen molar-refractivity contribution in [2.24, 2.45) is 0 Å². The van der Waals surface area contributed by atoms with Crippen molar-refractivity contribution < 1.29 is 14.2 Å². The summed E-state index contributed by atoms with van der Waals surface area (Å²) < 4.78 is 17.4. The van der Waals surface area contributed by atoms with Crippen molar-refractivity contribution in [1.82, 2.24) is 0 Å².